The van der Waals surface area contributed by atoms with Gasteiger partial charge in [-0.25, -0.2) is 0 Å². The van der Waals surface area contributed by atoms with Crippen LogP contribution in [0.5, 0.6) is 0 Å². The van der Waals surface area contributed by atoms with Gasteiger partial charge in [-0.15, -0.1) is 0 Å². The van der Waals surface area contributed by atoms with Crippen molar-refractivity contribution in [3.05, 3.63) is 69.7 Å². The van der Waals surface area contributed by atoms with Crippen molar-refractivity contribution in [1.29, 1.82) is 0 Å². The molecule has 8 nitrogen and oxygen atoms in total. The second-order valence-electron chi connectivity index (χ2n) is 8.85. The molecule has 2 heterocycles. The smallest absolute Gasteiger partial charge is 0.265 e. The highest BCUT2D eigenvalue weighted by molar-refractivity contribution is 8.04. The molecule has 2 N–H and O–H groups in total. The van der Waals surface area contributed by atoms with Crippen LogP contribution in [0.1, 0.15) is 17.8 Å². The summed E-state index contributed by atoms with van der Waals surface area (Å²) in [5.74, 6) is -0.705. The number of aryl methyl sites for hydroxylation is 1. The van der Waals surface area contributed by atoms with Crippen molar-refractivity contribution in [1.82, 2.24) is 0 Å². The number of hydrogen-bond donors (Lipinski definition) is 2. The first-order valence-corrected chi connectivity index (χ1v) is 16.9. The second kappa shape index (κ2) is 10.8. The number of thioether (sulfide) groups is 1. The molecule has 13 heteroatoms. The Labute approximate surface area is 234 Å². The number of benzene rings is 3. The number of nitrogens with zero attached hydrogens (tertiary/aromatic N) is 2. The van der Waals surface area contributed by atoms with Gasteiger partial charge in [-0.3, -0.25) is 9.11 Å². The van der Waals surface area contributed by atoms with Crippen LogP contribution in [0.25, 0.3) is 27.1 Å². The number of hydrogen-bond acceptors (Lipinski definition) is 7. The summed E-state index contributed by atoms with van der Waals surface area (Å²) in [7, 11) is -8.19. The molecule has 0 radical (unpaired) electrons. The van der Waals surface area contributed by atoms with E-state index in [0.717, 1.165) is 41.6 Å². The zero-order chi connectivity index (χ0) is 27.1. The molecule has 1 aliphatic heterocycles. The first-order chi connectivity index (χ1) is 18.0. The third-order valence-corrected chi connectivity index (χ3v) is 10.3. The van der Waals surface area contributed by atoms with E-state index in [1.54, 1.807) is 17.4 Å². The van der Waals surface area contributed by atoms with Crippen molar-refractivity contribution < 1.29 is 30.5 Å². The topological polar surface area (TPSA) is 116 Å². The predicted molar refractivity (Wildman–Crippen MR) is 154 cm³/mol. The van der Waals surface area contributed by atoms with E-state index in [1.165, 1.54) is 11.8 Å². The third-order valence-electron chi connectivity index (χ3n) is 6.13. The molecule has 3 aromatic carbocycles. The van der Waals surface area contributed by atoms with Gasteiger partial charge in [-0.05, 0) is 36.1 Å². The Bertz CT molecular complexity index is 1780. The molecule has 0 saturated carbocycles. The maximum Gasteiger partial charge on any atom is 0.265 e. The highest BCUT2D eigenvalue weighted by Crippen LogP contribution is 2.48. The molecule has 0 atom stereocenters. The molecule has 4 aromatic rings. The molecular weight excluding hydrogens is 588 g/mol. The van der Waals surface area contributed by atoms with Crippen LogP contribution in [0, 0.1) is 0 Å². The van der Waals surface area contributed by atoms with E-state index in [-0.39, 0.29) is 24.3 Å². The minimum Gasteiger partial charge on any atom is -0.335 e. The Balaban J connectivity index is 1.59. The number of thiazole rings is 1. The van der Waals surface area contributed by atoms with E-state index >= 15 is 0 Å². The minimum absolute atomic E-state index is 0.216. The fourth-order valence-corrected chi connectivity index (χ4v) is 8.09. The number of aromatic nitrogens is 1. The van der Waals surface area contributed by atoms with Crippen molar-refractivity contribution in [2.75, 3.05) is 23.0 Å². The molecule has 38 heavy (non-hydrogen) atoms. The molecule has 0 amide bonds. The van der Waals surface area contributed by atoms with Gasteiger partial charge in [0.25, 0.3) is 25.2 Å². The molecule has 0 spiro atoms. The van der Waals surface area contributed by atoms with Crippen LogP contribution >= 0.6 is 34.7 Å². The van der Waals surface area contributed by atoms with E-state index in [9.17, 15) is 25.9 Å². The van der Waals surface area contributed by atoms with Crippen LogP contribution < -0.4 is 9.47 Å². The Morgan fingerprint density at radius 3 is 2.45 bits per heavy atom. The van der Waals surface area contributed by atoms with E-state index in [4.69, 9.17) is 11.6 Å². The van der Waals surface area contributed by atoms with Gasteiger partial charge in [-0.2, -0.15) is 21.4 Å². The van der Waals surface area contributed by atoms with Gasteiger partial charge < -0.3 is 4.90 Å². The number of fused-ring (bicyclic) bond motifs is 4. The van der Waals surface area contributed by atoms with E-state index in [0.29, 0.717) is 18.1 Å². The van der Waals surface area contributed by atoms with Gasteiger partial charge in [-0.1, -0.05) is 59.0 Å². The fraction of sp³-hybridized carbons (Fsp3) is 0.240. The molecular formula is C25H24ClN2O6S4+. The van der Waals surface area contributed by atoms with Crippen molar-refractivity contribution in [3.8, 4) is 0 Å². The van der Waals surface area contributed by atoms with Gasteiger partial charge in [0, 0.05) is 34.3 Å². The Kier molecular flexibility index (Phi) is 7.75. The molecule has 5 rings (SSSR count). The highest BCUT2D eigenvalue weighted by Gasteiger charge is 2.29. The zero-order valence-electron chi connectivity index (χ0n) is 19.9. The van der Waals surface area contributed by atoms with Gasteiger partial charge in [0.2, 0.25) is 5.52 Å². The summed E-state index contributed by atoms with van der Waals surface area (Å²) in [6.45, 7) is 0.728. The van der Waals surface area contributed by atoms with Crippen LogP contribution in [-0.4, -0.2) is 44.0 Å². The summed E-state index contributed by atoms with van der Waals surface area (Å²) in [5.41, 5.74) is 1.81. The molecule has 1 aliphatic rings. The Morgan fingerprint density at radius 1 is 0.947 bits per heavy atom. The predicted octanol–water partition coefficient (Wildman–Crippen LogP) is 5.46. The summed E-state index contributed by atoms with van der Waals surface area (Å²) in [6.07, 6.45) is 2.46. The van der Waals surface area contributed by atoms with E-state index in [1.807, 2.05) is 53.4 Å². The van der Waals surface area contributed by atoms with Gasteiger partial charge in [0.15, 0.2) is 6.54 Å². The second-order valence-corrected chi connectivity index (χ2v) is 14.5. The zero-order valence-corrected chi connectivity index (χ0v) is 24.0. The lowest BCUT2D eigenvalue weighted by Gasteiger charge is -2.20. The van der Waals surface area contributed by atoms with E-state index in [2.05, 4.69) is 10.6 Å². The maximum atomic E-state index is 11.4. The van der Waals surface area contributed by atoms with Crippen LogP contribution in [0.4, 0.5) is 5.69 Å². The van der Waals surface area contributed by atoms with Gasteiger partial charge >= 0.3 is 0 Å². The molecule has 1 aromatic heterocycles. The summed E-state index contributed by atoms with van der Waals surface area (Å²) in [6, 6.07) is 17.6. The van der Waals surface area contributed by atoms with E-state index < -0.39 is 20.2 Å². The Hall–Kier alpha value is -2.19. The Morgan fingerprint density at radius 2 is 1.68 bits per heavy atom. The number of rotatable bonds is 9. The van der Waals surface area contributed by atoms with Crippen LogP contribution in [0.3, 0.4) is 0 Å². The van der Waals surface area contributed by atoms with Crippen molar-refractivity contribution in [2.24, 2.45) is 0 Å². The minimum atomic E-state index is -4.10. The van der Waals surface area contributed by atoms with Crippen molar-refractivity contribution in [2.45, 2.75) is 24.3 Å². The molecule has 0 saturated heterocycles. The standard InChI is InChI=1S/C25H23ClN2O6S4/c26-18-8-10-22-21(15-18)28(12-4-14-38(32,33)34)23(35-22)16-24-27(11-3-13-37(29,30)31)20-9-7-17-5-1-2-6-19(17)25(20)36-24/h1-2,5-10,15-16H,3-4,11-14H2,(H-,29,30,31,32,33,34)/p+1. The summed E-state index contributed by atoms with van der Waals surface area (Å²) >= 11 is 9.38. The quantitative estimate of drug-likeness (QED) is 0.189. The fourth-order valence-electron chi connectivity index (χ4n) is 4.50. The molecule has 200 valence electrons. The first-order valence-electron chi connectivity index (χ1n) is 11.7. The highest BCUT2D eigenvalue weighted by atomic mass is 35.5. The lowest BCUT2D eigenvalue weighted by molar-refractivity contribution is -0.668. The largest absolute Gasteiger partial charge is 0.335 e. The van der Waals surface area contributed by atoms with Crippen LogP contribution in [0.2, 0.25) is 5.02 Å². The summed E-state index contributed by atoms with van der Waals surface area (Å²) in [5, 5.41) is 4.47. The monoisotopic (exact) mass is 611 g/mol. The number of anilines is 1. The van der Waals surface area contributed by atoms with Crippen LogP contribution in [0.15, 0.2) is 64.5 Å². The third kappa shape index (κ3) is 6.17. The average Bonchev–Trinajstić information content (AvgIpc) is 3.35. The molecule has 0 fully saturated rings. The molecule has 0 unspecified atom stereocenters. The van der Waals surface area contributed by atoms with Gasteiger partial charge in [0.05, 0.1) is 28.3 Å². The normalized spacial score (nSPS) is 15.1. The molecule has 0 aliphatic carbocycles. The van der Waals surface area contributed by atoms with Gasteiger partial charge in [0.1, 0.15) is 4.70 Å². The SMILES string of the molecule is O=S(=O)(O)CCCN1C(=Cc2sc3c4ccccc4ccc3[n+]2CCCS(=O)(=O)O)Sc2ccc(Cl)cc21. The lowest BCUT2D eigenvalue weighted by Crippen LogP contribution is -2.36. The number of halogens is 1. The lowest BCUT2D eigenvalue weighted by atomic mass is 10.1. The summed E-state index contributed by atoms with van der Waals surface area (Å²) in [4.78, 5) is 2.96. The van der Waals surface area contributed by atoms with Crippen molar-refractivity contribution >= 4 is 87.7 Å². The van der Waals surface area contributed by atoms with Crippen molar-refractivity contribution in [3.63, 3.8) is 0 Å². The maximum absolute atomic E-state index is 11.4. The first kappa shape index (κ1) is 27.4. The summed E-state index contributed by atoms with van der Waals surface area (Å²) < 4.78 is 67.0. The average molecular weight is 612 g/mol. The molecule has 0 bridgehead atoms. The van der Waals surface area contributed by atoms with Crippen LogP contribution in [-0.2, 0) is 26.8 Å².